The monoisotopic (exact) mass is 219 g/mol. The van der Waals surface area contributed by atoms with E-state index in [-0.39, 0.29) is 6.42 Å². The summed E-state index contributed by atoms with van der Waals surface area (Å²) >= 11 is 0. The Morgan fingerprint density at radius 1 is 1.44 bits per heavy atom. The second kappa shape index (κ2) is 6.59. The Labute approximate surface area is 94.4 Å². The molecule has 4 nitrogen and oxygen atoms in total. The van der Waals surface area contributed by atoms with Gasteiger partial charge in [0.1, 0.15) is 6.42 Å². The third-order valence-electron chi connectivity index (χ3n) is 1.85. The second-order valence-corrected chi connectivity index (χ2v) is 3.19. The van der Waals surface area contributed by atoms with E-state index in [0.717, 1.165) is 5.56 Å². The molecular formula is C12H13NO3. The Morgan fingerprint density at radius 3 is 2.75 bits per heavy atom. The molecule has 0 fully saturated rings. The van der Waals surface area contributed by atoms with Gasteiger partial charge in [0, 0.05) is 0 Å². The molecule has 1 aromatic rings. The number of hydrogen-bond acceptors (Lipinski definition) is 4. The zero-order valence-corrected chi connectivity index (χ0v) is 9.05. The number of esters is 1. The summed E-state index contributed by atoms with van der Waals surface area (Å²) in [7, 11) is 0. The molecule has 0 saturated carbocycles. The highest BCUT2D eigenvalue weighted by Crippen LogP contribution is 2.04. The fourth-order valence-electron chi connectivity index (χ4n) is 1.11. The summed E-state index contributed by atoms with van der Waals surface area (Å²) in [5, 5.41) is 8.27. The maximum absolute atomic E-state index is 10.9. The molecule has 0 aliphatic rings. The van der Waals surface area contributed by atoms with Crippen LogP contribution in [-0.2, 0) is 20.9 Å². The van der Waals surface area contributed by atoms with Gasteiger partial charge in [-0.05, 0) is 12.5 Å². The Bertz CT molecular complexity index is 370. The normalized spacial score (nSPS) is 11.5. The van der Waals surface area contributed by atoms with Crippen LogP contribution in [0.1, 0.15) is 18.9 Å². The lowest BCUT2D eigenvalue weighted by molar-refractivity contribution is -0.175. The smallest absolute Gasteiger partial charge is 0.322 e. The van der Waals surface area contributed by atoms with E-state index in [4.69, 9.17) is 14.7 Å². The topological polar surface area (TPSA) is 59.3 Å². The van der Waals surface area contributed by atoms with Gasteiger partial charge in [0.05, 0.1) is 12.7 Å². The highest BCUT2D eigenvalue weighted by Gasteiger charge is 2.08. The molecule has 0 saturated heterocycles. The summed E-state index contributed by atoms with van der Waals surface area (Å²) in [4.78, 5) is 10.9. The summed E-state index contributed by atoms with van der Waals surface area (Å²) in [6, 6.07) is 11.3. The number of hydrogen-bond donors (Lipinski definition) is 0. The highest BCUT2D eigenvalue weighted by molar-refractivity contribution is 5.71. The maximum atomic E-state index is 10.9. The third kappa shape index (κ3) is 4.58. The van der Waals surface area contributed by atoms with Gasteiger partial charge in [-0.25, -0.2) is 0 Å². The van der Waals surface area contributed by atoms with Crippen LogP contribution in [-0.4, -0.2) is 12.3 Å². The van der Waals surface area contributed by atoms with Gasteiger partial charge in [0.2, 0.25) is 6.29 Å². The van der Waals surface area contributed by atoms with E-state index in [9.17, 15) is 4.79 Å². The molecule has 0 aliphatic heterocycles. The molecule has 1 rings (SSSR count). The average Bonchev–Trinajstić information content (AvgIpc) is 2.28. The van der Waals surface area contributed by atoms with E-state index in [1.54, 1.807) is 13.0 Å². The maximum Gasteiger partial charge on any atom is 0.322 e. The molecule has 0 aliphatic carbocycles. The zero-order chi connectivity index (χ0) is 11.8. The molecule has 4 heteroatoms. The number of carbonyl (C=O) groups is 1. The number of ether oxygens (including phenoxy) is 2. The Morgan fingerprint density at radius 2 is 2.12 bits per heavy atom. The predicted molar refractivity (Wildman–Crippen MR) is 57.0 cm³/mol. The molecule has 0 aromatic heterocycles. The Hall–Kier alpha value is -1.86. The van der Waals surface area contributed by atoms with Crippen molar-refractivity contribution in [3.05, 3.63) is 35.9 Å². The SMILES string of the molecule is CC(OCc1ccccc1)OC(=O)CC#N. The molecule has 0 spiro atoms. The predicted octanol–water partition coefficient (Wildman–Crippen LogP) is 2.01. The van der Waals surface area contributed by atoms with Gasteiger partial charge in [-0.3, -0.25) is 4.79 Å². The van der Waals surface area contributed by atoms with Crippen molar-refractivity contribution in [2.45, 2.75) is 26.2 Å². The van der Waals surface area contributed by atoms with E-state index in [0.29, 0.717) is 6.61 Å². The average molecular weight is 219 g/mol. The molecule has 84 valence electrons. The van der Waals surface area contributed by atoms with Crippen LogP contribution in [0, 0.1) is 11.3 Å². The quantitative estimate of drug-likeness (QED) is 0.561. The largest absolute Gasteiger partial charge is 0.435 e. The molecular weight excluding hydrogens is 206 g/mol. The Kier molecular flexibility index (Phi) is 5.03. The van der Waals surface area contributed by atoms with Crippen molar-refractivity contribution in [1.29, 1.82) is 5.26 Å². The van der Waals surface area contributed by atoms with E-state index in [1.807, 2.05) is 30.3 Å². The van der Waals surface area contributed by atoms with Crippen molar-refractivity contribution in [3.63, 3.8) is 0 Å². The standard InChI is InChI=1S/C12H13NO3/c1-10(16-12(14)7-8-13)15-9-11-5-3-2-4-6-11/h2-6,10H,7,9H2,1H3. The van der Waals surface area contributed by atoms with Gasteiger partial charge in [-0.1, -0.05) is 30.3 Å². The summed E-state index contributed by atoms with van der Waals surface area (Å²) in [6.45, 7) is 2.00. The van der Waals surface area contributed by atoms with Gasteiger partial charge < -0.3 is 9.47 Å². The van der Waals surface area contributed by atoms with Crippen molar-refractivity contribution < 1.29 is 14.3 Å². The molecule has 1 atom stereocenters. The van der Waals surface area contributed by atoms with Crippen molar-refractivity contribution in [3.8, 4) is 6.07 Å². The first-order chi connectivity index (χ1) is 7.72. The van der Waals surface area contributed by atoms with Crippen LogP contribution in [0.25, 0.3) is 0 Å². The number of rotatable bonds is 5. The first-order valence-electron chi connectivity index (χ1n) is 4.94. The minimum Gasteiger partial charge on any atom is -0.435 e. The van der Waals surface area contributed by atoms with Crippen LogP contribution in [0.4, 0.5) is 0 Å². The molecule has 0 heterocycles. The molecule has 1 unspecified atom stereocenters. The number of carbonyl (C=O) groups excluding carboxylic acids is 1. The minimum absolute atomic E-state index is 0.251. The Balaban J connectivity index is 2.28. The minimum atomic E-state index is -0.638. The van der Waals surface area contributed by atoms with Crippen LogP contribution >= 0.6 is 0 Å². The van der Waals surface area contributed by atoms with Gasteiger partial charge in [0.25, 0.3) is 0 Å². The van der Waals surface area contributed by atoms with E-state index < -0.39 is 12.3 Å². The lowest BCUT2D eigenvalue weighted by Gasteiger charge is -2.13. The van der Waals surface area contributed by atoms with Crippen LogP contribution in [0.2, 0.25) is 0 Å². The first-order valence-corrected chi connectivity index (χ1v) is 4.94. The lowest BCUT2D eigenvalue weighted by Crippen LogP contribution is -2.17. The third-order valence-corrected chi connectivity index (χ3v) is 1.85. The number of benzene rings is 1. The second-order valence-electron chi connectivity index (χ2n) is 3.19. The van der Waals surface area contributed by atoms with Gasteiger partial charge in [0.15, 0.2) is 0 Å². The van der Waals surface area contributed by atoms with E-state index in [1.165, 1.54) is 0 Å². The summed E-state index contributed by atoms with van der Waals surface area (Å²) < 4.78 is 10.1. The summed E-state index contributed by atoms with van der Waals surface area (Å²) in [5.41, 5.74) is 1.01. The molecule has 0 radical (unpaired) electrons. The van der Waals surface area contributed by atoms with E-state index in [2.05, 4.69) is 0 Å². The van der Waals surface area contributed by atoms with Crippen LogP contribution in [0.15, 0.2) is 30.3 Å². The molecule has 16 heavy (non-hydrogen) atoms. The van der Waals surface area contributed by atoms with Gasteiger partial charge in [-0.15, -0.1) is 0 Å². The fraction of sp³-hybridized carbons (Fsp3) is 0.333. The molecule has 0 N–H and O–H groups in total. The van der Waals surface area contributed by atoms with Crippen molar-refractivity contribution in [1.82, 2.24) is 0 Å². The van der Waals surface area contributed by atoms with Crippen LogP contribution in [0.5, 0.6) is 0 Å². The van der Waals surface area contributed by atoms with Crippen molar-refractivity contribution in [2.75, 3.05) is 0 Å². The molecule has 0 bridgehead atoms. The first kappa shape index (κ1) is 12.2. The summed E-state index contributed by atoms with van der Waals surface area (Å²) in [6.07, 6.45) is -0.889. The van der Waals surface area contributed by atoms with Gasteiger partial charge in [-0.2, -0.15) is 5.26 Å². The van der Waals surface area contributed by atoms with E-state index >= 15 is 0 Å². The molecule has 1 aromatic carbocycles. The number of nitrogens with zero attached hydrogens (tertiary/aromatic N) is 1. The van der Waals surface area contributed by atoms with Crippen molar-refractivity contribution in [2.24, 2.45) is 0 Å². The zero-order valence-electron chi connectivity index (χ0n) is 9.05. The van der Waals surface area contributed by atoms with Gasteiger partial charge >= 0.3 is 5.97 Å². The van der Waals surface area contributed by atoms with Crippen molar-refractivity contribution >= 4 is 5.97 Å². The van der Waals surface area contributed by atoms with Crippen LogP contribution < -0.4 is 0 Å². The molecule has 0 amide bonds. The van der Waals surface area contributed by atoms with Crippen LogP contribution in [0.3, 0.4) is 0 Å². The lowest BCUT2D eigenvalue weighted by atomic mass is 10.2. The fourth-order valence-corrected chi connectivity index (χ4v) is 1.11. The summed E-state index contributed by atoms with van der Waals surface area (Å²) in [5.74, 6) is -0.567. The number of nitriles is 1. The highest BCUT2D eigenvalue weighted by atomic mass is 16.7.